The van der Waals surface area contributed by atoms with Crippen molar-refractivity contribution in [1.29, 1.82) is 0 Å². The van der Waals surface area contributed by atoms with E-state index < -0.39 is 0 Å². The van der Waals surface area contributed by atoms with Gasteiger partial charge in [0.25, 0.3) is 0 Å². The molecule has 102 valence electrons. The Morgan fingerprint density at radius 1 is 1.37 bits per heavy atom. The Kier molecular flexibility index (Phi) is 5.04. The van der Waals surface area contributed by atoms with E-state index in [1.165, 1.54) is 0 Å². The lowest BCUT2D eigenvalue weighted by molar-refractivity contribution is 0.508. The number of likely N-dealkylation sites (N-methyl/N-ethyl adjacent to an activating group) is 1. The molecule has 1 atom stereocenters. The molecule has 2 heterocycles. The zero-order valence-electron chi connectivity index (χ0n) is 11.2. The molecule has 0 saturated carbocycles. The van der Waals surface area contributed by atoms with Gasteiger partial charge in [-0.2, -0.15) is 5.10 Å². The van der Waals surface area contributed by atoms with E-state index >= 15 is 0 Å². The first-order valence-corrected chi connectivity index (χ1v) is 7.24. The van der Waals surface area contributed by atoms with Gasteiger partial charge in [0, 0.05) is 35.9 Å². The summed E-state index contributed by atoms with van der Waals surface area (Å²) in [6, 6.07) is 2.29. The number of hydrogen-bond donors (Lipinski definition) is 1. The molecule has 0 spiro atoms. The molecule has 2 aromatic heterocycles. The van der Waals surface area contributed by atoms with Crippen LogP contribution in [0.4, 0.5) is 0 Å². The molecule has 0 fully saturated rings. The molecule has 0 aliphatic rings. The summed E-state index contributed by atoms with van der Waals surface area (Å²) >= 11 is 3.46. The second-order valence-electron chi connectivity index (χ2n) is 4.24. The highest BCUT2D eigenvalue weighted by atomic mass is 79.9. The van der Waals surface area contributed by atoms with E-state index in [1.807, 2.05) is 10.9 Å². The summed E-state index contributed by atoms with van der Waals surface area (Å²) in [6.07, 6.45) is 6.10. The van der Waals surface area contributed by atoms with Crippen LogP contribution in [0.5, 0.6) is 0 Å². The SMILES string of the molecule is CCNC(Cc1ncnn1CC)c1cncc(Br)c1. The molecule has 0 aliphatic carbocycles. The predicted molar refractivity (Wildman–Crippen MR) is 77.8 cm³/mol. The lowest BCUT2D eigenvalue weighted by Crippen LogP contribution is -2.24. The number of hydrogen-bond acceptors (Lipinski definition) is 4. The van der Waals surface area contributed by atoms with E-state index in [1.54, 1.807) is 12.5 Å². The summed E-state index contributed by atoms with van der Waals surface area (Å²) in [7, 11) is 0. The van der Waals surface area contributed by atoms with Crippen LogP contribution in [0.3, 0.4) is 0 Å². The fourth-order valence-electron chi connectivity index (χ4n) is 2.07. The highest BCUT2D eigenvalue weighted by Gasteiger charge is 2.15. The molecule has 0 aliphatic heterocycles. The average Bonchev–Trinajstić information content (AvgIpc) is 2.85. The van der Waals surface area contributed by atoms with Gasteiger partial charge < -0.3 is 5.32 Å². The van der Waals surface area contributed by atoms with Crippen LogP contribution >= 0.6 is 15.9 Å². The molecule has 0 saturated heterocycles. The fourth-order valence-corrected chi connectivity index (χ4v) is 2.45. The van der Waals surface area contributed by atoms with Gasteiger partial charge in [0.1, 0.15) is 12.2 Å². The summed E-state index contributed by atoms with van der Waals surface area (Å²) < 4.78 is 2.92. The minimum Gasteiger partial charge on any atom is -0.310 e. The van der Waals surface area contributed by atoms with Crippen LogP contribution in [0.1, 0.15) is 31.3 Å². The van der Waals surface area contributed by atoms with Crippen molar-refractivity contribution in [2.75, 3.05) is 6.54 Å². The average molecular weight is 324 g/mol. The van der Waals surface area contributed by atoms with Crippen molar-refractivity contribution in [3.8, 4) is 0 Å². The molecule has 5 nitrogen and oxygen atoms in total. The molecular formula is C13H18BrN5. The van der Waals surface area contributed by atoms with Crippen molar-refractivity contribution in [3.63, 3.8) is 0 Å². The summed E-state index contributed by atoms with van der Waals surface area (Å²) in [5.74, 6) is 0.994. The predicted octanol–water partition coefficient (Wildman–Crippen LogP) is 2.35. The molecule has 2 aromatic rings. The Labute approximate surface area is 121 Å². The third kappa shape index (κ3) is 3.61. The molecule has 19 heavy (non-hydrogen) atoms. The van der Waals surface area contributed by atoms with Crippen molar-refractivity contribution in [2.45, 2.75) is 32.9 Å². The van der Waals surface area contributed by atoms with E-state index in [0.717, 1.165) is 35.4 Å². The second-order valence-corrected chi connectivity index (χ2v) is 5.16. The van der Waals surface area contributed by atoms with Gasteiger partial charge >= 0.3 is 0 Å². The molecule has 0 aromatic carbocycles. The van der Waals surface area contributed by atoms with Crippen molar-refractivity contribution in [3.05, 3.63) is 40.6 Å². The zero-order chi connectivity index (χ0) is 13.7. The third-order valence-corrected chi connectivity index (χ3v) is 3.39. The first kappa shape index (κ1) is 14.1. The molecule has 0 amide bonds. The van der Waals surface area contributed by atoms with Gasteiger partial charge in [-0.25, -0.2) is 4.98 Å². The Morgan fingerprint density at radius 3 is 2.89 bits per heavy atom. The van der Waals surface area contributed by atoms with E-state index in [0.29, 0.717) is 0 Å². The van der Waals surface area contributed by atoms with Gasteiger partial charge in [-0.05, 0) is 41.0 Å². The Hall–Kier alpha value is -1.27. The first-order chi connectivity index (χ1) is 9.24. The Balaban J connectivity index is 2.21. The number of aromatic nitrogens is 4. The summed E-state index contributed by atoms with van der Waals surface area (Å²) in [4.78, 5) is 8.57. The Morgan fingerprint density at radius 2 is 2.21 bits per heavy atom. The van der Waals surface area contributed by atoms with Gasteiger partial charge in [-0.1, -0.05) is 6.92 Å². The summed E-state index contributed by atoms with van der Waals surface area (Å²) in [5.41, 5.74) is 1.15. The van der Waals surface area contributed by atoms with Crippen LogP contribution in [0.15, 0.2) is 29.3 Å². The van der Waals surface area contributed by atoms with Gasteiger partial charge in [-0.3, -0.25) is 9.67 Å². The molecular weight excluding hydrogens is 306 g/mol. The molecule has 2 rings (SSSR count). The minimum absolute atomic E-state index is 0.199. The number of pyridine rings is 1. The van der Waals surface area contributed by atoms with Crippen molar-refractivity contribution in [2.24, 2.45) is 0 Å². The summed E-state index contributed by atoms with van der Waals surface area (Å²) in [5, 5.41) is 7.69. The van der Waals surface area contributed by atoms with Gasteiger partial charge in [0.2, 0.25) is 0 Å². The van der Waals surface area contributed by atoms with Gasteiger partial charge in [-0.15, -0.1) is 0 Å². The summed E-state index contributed by atoms with van der Waals surface area (Å²) in [6.45, 7) is 5.91. The highest BCUT2D eigenvalue weighted by Crippen LogP contribution is 2.20. The number of halogens is 1. The lowest BCUT2D eigenvalue weighted by atomic mass is 10.1. The zero-order valence-corrected chi connectivity index (χ0v) is 12.8. The fraction of sp³-hybridized carbons (Fsp3) is 0.462. The molecule has 1 N–H and O–H groups in total. The van der Waals surface area contributed by atoms with Gasteiger partial charge in [0.15, 0.2) is 0 Å². The third-order valence-electron chi connectivity index (χ3n) is 2.96. The number of rotatable bonds is 6. The van der Waals surface area contributed by atoms with Crippen molar-refractivity contribution in [1.82, 2.24) is 25.1 Å². The molecule has 1 unspecified atom stereocenters. The van der Waals surface area contributed by atoms with E-state index in [4.69, 9.17) is 0 Å². The highest BCUT2D eigenvalue weighted by molar-refractivity contribution is 9.10. The standard InChI is InChI=1S/C13H18BrN5/c1-3-16-12(10-5-11(14)8-15-7-10)6-13-17-9-18-19(13)4-2/h5,7-9,12,16H,3-4,6H2,1-2H3. The Bertz CT molecular complexity index is 525. The van der Waals surface area contributed by atoms with E-state index in [2.05, 4.69) is 56.2 Å². The monoisotopic (exact) mass is 323 g/mol. The normalized spacial score (nSPS) is 12.6. The number of aryl methyl sites for hydroxylation is 1. The van der Waals surface area contributed by atoms with Crippen LogP contribution < -0.4 is 5.32 Å². The quantitative estimate of drug-likeness (QED) is 0.886. The van der Waals surface area contributed by atoms with Gasteiger partial charge in [0.05, 0.1) is 0 Å². The van der Waals surface area contributed by atoms with Crippen LogP contribution in [0.25, 0.3) is 0 Å². The van der Waals surface area contributed by atoms with Crippen LogP contribution in [0.2, 0.25) is 0 Å². The molecule has 6 heteroatoms. The minimum atomic E-state index is 0.199. The molecule has 0 radical (unpaired) electrons. The number of nitrogens with zero attached hydrogens (tertiary/aromatic N) is 4. The largest absolute Gasteiger partial charge is 0.310 e. The lowest BCUT2D eigenvalue weighted by Gasteiger charge is -2.18. The van der Waals surface area contributed by atoms with Crippen molar-refractivity contribution < 1.29 is 0 Å². The van der Waals surface area contributed by atoms with Crippen LogP contribution in [0, 0.1) is 0 Å². The topological polar surface area (TPSA) is 55.6 Å². The number of nitrogens with one attached hydrogen (secondary N) is 1. The molecule has 0 bridgehead atoms. The second kappa shape index (κ2) is 6.77. The smallest absolute Gasteiger partial charge is 0.138 e. The maximum absolute atomic E-state index is 4.34. The van der Waals surface area contributed by atoms with Crippen LogP contribution in [-0.4, -0.2) is 26.3 Å². The van der Waals surface area contributed by atoms with E-state index in [-0.39, 0.29) is 6.04 Å². The maximum atomic E-state index is 4.34. The first-order valence-electron chi connectivity index (χ1n) is 6.45. The van der Waals surface area contributed by atoms with E-state index in [9.17, 15) is 0 Å². The van der Waals surface area contributed by atoms with Crippen molar-refractivity contribution >= 4 is 15.9 Å². The maximum Gasteiger partial charge on any atom is 0.138 e. The van der Waals surface area contributed by atoms with Crippen LogP contribution in [-0.2, 0) is 13.0 Å².